The summed E-state index contributed by atoms with van der Waals surface area (Å²) >= 11 is 0. The smallest absolute Gasteiger partial charge is 0.261 e. The van der Waals surface area contributed by atoms with E-state index in [2.05, 4.69) is 10.1 Å². The monoisotopic (exact) mass is 393 g/mol. The molecular formula is C23H27N3O3. The van der Waals surface area contributed by atoms with Gasteiger partial charge in [-0.15, -0.1) is 0 Å². The van der Waals surface area contributed by atoms with Gasteiger partial charge in [0.25, 0.3) is 5.91 Å². The summed E-state index contributed by atoms with van der Waals surface area (Å²) in [6, 6.07) is 13.7. The van der Waals surface area contributed by atoms with Crippen molar-refractivity contribution in [1.29, 1.82) is 0 Å². The fourth-order valence-electron chi connectivity index (χ4n) is 3.03. The number of aryl methyl sites for hydroxylation is 2. The lowest BCUT2D eigenvalue weighted by atomic mass is 10.1. The molecule has 1 aromatic heterocycles. The number of aromatic nitrogens is 2. The molecule has 0 aliphatic carbocycles. The maximum absolute atomic E-state index is 12.8. The van der Waals surface area contributed by atoms with E-state index < -0.39 is 0 Å². The molecule has 0 aliphatic rings. The number of nitrogens with zero attached hydrogens (tertiary/aromatic N) is 3. The molecule has 0 bridgehead atoms. The molecule has 1 amide bonds. The highest BCUT2D eigenvalue weighted by Crippen LogP contribution is 2.21. The van der Waals surface area contributed by atoms with E-state index in [1.165, 1.54) is 0 Å². The fourth-order valence-corrected chi connectivity index (χ4v) is 3.03. The first kappa shape index (κ1) is 20.6. The van der Waals surface area contributed by atoms with Gasteiger partial charge in [-0.25, -0.2) is 0 Å². The summed E-state index contributed by atoms with van der Waals surface area (Å²) in [5, 5.41) is 4.06. The number of rotatable bonds is 7. The third-order valence-corrected chi connectivity index (χ3v) is 4.90. The number of carbonyl (C=O) groups is 1. The van der Waals surface area contributed by atoms with Crippen molar-refractivity contribution in [3.05, 3.63) is 65.0 Å². The van der Waals surface area contributed by atoms with E-state index in [0.29, 0.717) is 11.7 Å². The first-order valence-electron chi connectivity index (χ1n) is 9.73. The van der Waals surface area contributed by atoms with Gasteiger partial charge in [0.2, 0.25) is 11.7 Å². The van der Waals surface area contributed by atoms with Crippen LogP contribution in [0.1, 0.15) is 36.4 Å². The van der Waals surface area contributed by atoms with E-state index in [9.17, 15) is 4.79 Å². The SMILES string of the molecule is Cc1cccc(-c2noc(CN(C(=O)COc3cccc(C)c3C)C(C)C)n2)c1. The number of carbonyl (C=O) groups excluding carboxylic acids is 1. The molecule has 3 aromatic rings. The van der Waals surface area contributed by atoms with Crippen molar-refractivity contribution in [3.63, 3.8) is 0 Å². The number of hydrogen-bond acceptors (Lipinski definition) is 5. The number of amides is 1. The topological polar surface area (TPSA) is 68.5 Å². The van der Waals surface area contributed by atoms with Gasteiger partial charge in [-0.3, -0.25) is 4.79 Å². The van der Waals surface area contributed by atoms with Crippen molar-refractivity contribution >= 4 is 5.91 Å². The third-order valence-electron chi connectivity index (χ3n) is 4.90. The fraction of sp³-hybridized carbons (Fsp3) is 0.348. The van der Waals surface area contributed by atoms with Gasteiger partial charge in [-0.1, -0.05) is 41.1 Å². The Balaban J connectivity index is 1.68. The molecule has 6 nitrogen and oxygen atoms in total. The van der Waals surface area contributed by atoms with Gasteiger partial charge < -0.3 is 14.2 Å². The zero-order valence-corrected chi connectivity index (χ0v) is 17.6. The van der Waals surface area contributed by atoms with Crippen LogP contribution < -0.4 is 4.74 Å². The molecule has 0 N–H and O–H groups in total. The summed E-state index contributed by atoms with van der Waals surface area (Å²) < 4.78 is 11.2. The van der Waals surface area contributed by atoms with Crippen LogP contribution >= 0.6 is 0 Å². The largest absolute Gasteiger partial charge is 0.483 e. The second-order valence-electron chi connectivity index (χ2n) is 7.48. The summed E-state index contributed by atoms with van der Waals surface area (Å²) in [5.41, 5.74) is 4.18. The molecule has 0 atom stereocenters. The molecule has 0 fully saturated rings. The van der Waals surface area contributed by atoms with Crippen LogP contribution in [0.4, 0.5) is 0 Å². The highest BCUT2D eigenvalue weighted by molar-refractivity contribution is 5.78. The first-order valence-corrected chi connectivity index (χ1v) is 9.73. The van der Waals surface area contributed by atoms with Gasteiger partial charge in [0, 0.05) is 11.6 Å². The summed E-state index contributed by atoms with van der Waals surface area (Å²) in [6.45, 7) is 10.1. The van der Waals surface area contributed by atoms with Gasteiger partial charge in [0.15, 0.2) is 6.61 Å². The maximum atomic E-state index is 12.8. The lowest BCUT2D eigenvalue weighted by Gasteiger charge is -2.25. The Morgan fingerprint density at radius 3 is 2.62 bits per heavy atom. The minimum atomic E-state index is -0.129. The Hall–Kier alpha value is -3.15. The summed E-state index contributed by atoms with van der Waals surface area (Å²) in [5.74, 6) is 1.51. The maximum Gasteiger partial charge on any atom is 0.261 e. The summed E-state index contributed by atoms with van der Waals surface area (Å²) in [6.07, 6.45) is 0. The Kier molecular flexibility index (Phi) is 6.32. The Morgan fingerprint density at radius 2 is 1.90 bits per heavy atom. The van der Waals surface area contributed by atoms with Gasteiger partial charge in [0.05, 0.1) is 0 Å². The van der Waals surface area contributed by atoms with Crippen LogP contribution in [0.25, 0.3) is 11.4 Å². The molecule has 3 rings (SSSR count). The van der Waals surface area contributed by atoms with Crippen LogP contribution in [-0.4, -0.2) is 33.6 Å². The van der Waals surface area contributed by atoms with Crippen molar-refractivity contribution in [2.24, 2.45) is 0 Å². The van der Waals surface area contributed by atoms with Gasteiger partial charge in [0.1, 0.15) is 12.3 Å². The second kappa shape index (κ2) is 8.90. The summed E-state index contributed by atoms with van der Waals surface area (Å²) in [7, 11) is 0. The highest BCUT2D eigenvalue weighted by atomic mass is 16.5. The van der Waals surface area contributed by atoms with E-state index in [1.807, 2.05) is 77.1 Å². The minimum Gasteiger partial charge on any atom is -0.483 e. The molecule has 0 radical (unpaired) electrons. The quantitative estimate of drug-likeness (QED) is 0.592. The summed E-state index contributed by atoms with van der Waals surface area (Å²) in [4.78, 5) is 18.9. The van der Waals surface area contributed by atoms with Gasteiger partial charge in [-0.2, -0.15) is 4.98 Å². The predicted octanol–water partition coefficient (Wildman–Crippen LogP) is 4.48. The van der Waals surface area contributed by atoms with Crippen LogP contribution in [-0.2, 0) is 11.3 Å². The number of hydrogen-bond donors (Lipinski definition) is 0. The second-order valence-corrected chi connectivity index (χ2v) is 7.48. The third kappa shape index (κ3) is 5.02. The van der Waals surface area contributed by atoms with Crippen molar-refractivity contribution in [2.75, 3.05) is 6.61 Å². The van der Waals surface area contributed by atoms with Crippen LogP contribution in [0.5, 0.6) is 5.75 Å². The average Bonchev–Trinajstić information content (AvgIpc) is 3.15. The van der Waals surface area contributed by atoms with Crippen molar-refractivity contribution in [3.8, 4) is 17.1 Å². The lowest BCUT2D eigenvalue weighted by Crippen LogP contribution is -2.39. The molecule has 0 unspecified atom stereocenters. The van der Waals surface area contributed by atoms with Crippen LogP contribution in [0.2, 0.25) is 0 Å². The Labute approximate surface area is 171 Å². The van der Waals surface area contributed by atoms with E-state index in [4.69, 9.17) is 9.26 Å². The molecule has 0 saturated carbocycles. The van der Waals surface area contributed by atoms with Crippen molar-refractivity contribution < 1.29 is 14.1 Å². The van der Waals surface area contributed by atoms with Crippen molar-refractivity contribution in [2.45, 2.75) is 47.2 Å². The van der Waals surface area contributed by atoms with Gasteiger partial charge >= 0.3 is 0 Å². The number of benzene rings is 2. The standard InChI is InChI=1S/C23H27N3O3/c1-15(2)26(22(27)14-28-20-11-7-9-17(4)18(20)5)13-21-24-23(25-29-21)19-10-6-8-16(3)12-19/h6-12,15H,13-14H2,1-5H3. The zero-order chi connectivity index (χ0) is 21.0. The highest BCUT2D eigenvalue weighted by Gasteiger charge is 2.21. The van der Waals surface area contributed by atoms with E-state index in [-0.39, 0.29) is 25.1 Å². The van der Waals surface area contributed by atoms with Crippen LogP contribution in [0.15, 0.2) is 47.0 Å². The van der Waals surface area contributed by atoms with Gasteiger partial charge in [-0.05, 0) is 57.9 Å². The molecule has 152 valence electrons. The van der Waals surface area contributed by atoms with E-state index >= 15 is 0 Å². The van der Waals surface area contributed by atoms with Crippen LogP contribution in [0.3, 0.4) is 0 Å². The molecule has 1 heterocycles. The molecule has 2 aromatic carbocycles. The normalized spacial score (nSPS) is 11.0. The molecule has 0 spiro atoms. The first-order chi connectivity index (χ1) is 13.8. The Morgan fingerprint density at radius 1 is 1.14 bits per heavy atom. The number of ether oxygens (including phenoxy) is 1. The van der Waals surface area contributed by atoms with E-state index in [1.54, 1.807) is 4.90 Å². The predicted molar refractivity (Wildman–Crippen MR) is 112 cm³/mol. The zero-order valence-electron chi connectivity index (χ0n) is 17.6. The molecule has 0 aliphatic heterocycles. The van der Waals surface area contributed by atoms with E-state index in [0.717, 1.165) is 28.0 Å². The lowest BCUT2D eigenvalue weighted by molar-refractivity contribution is -0.136. The molecule has 29 heavy (non-hydrogen) atoms. The van der Waals surface area contributed by atoms with Crippen LogP contribution in [0, 0.1) is 20.8 Å². The molecule has 0 saturated heterocycles. The molecule has 6 heteroatoms. The Bertz CT molecular complexity index is 995. The average molecular weight is 393 g/mol. The van der Waals surface area contributed by atoms with Crippen molar-refractivity contribution in [1.82, 2.24) is 15.0 Å². The minimum absolute atomic E-state index is 0.0287. The molecular weight excluding hydrogens is 366 g/mol.